The van der Waals surface area contributed by atoms with E-state index in [1.807, 2.05) is 43.6 Å². The summed E-state index contributed by atoms with van der Waals surface area (Å²) in [5.41, 5.74) is 2.58. The lowest BCUT2D eigenvalue weighted by molar-refractivity contribution is -0.686. The number of hydrogen-bond acceptors (Lipinski definition) is 2. The highest BCUT2D eigenvalue weighted by molar-refractivity contribution is 5.27. The minimum atomic E-state index is 0.712. The molecule has 0 saturated carbocycles. The number of nitrogens with zero attached hydrogens (tertiary/aromatic N) is 1. The average molecular weight is 243 g/mol. The molecule has 0 unspecified atom stereocenters. The first-order valence-corrected chi connectivity index (χ1v) is 6.31. The quantitative estimate of drug-likeness (QED) is 0.839. The molecule has 0 fully saturated rings. The van der Waals surface area contributed by atoms with Crippen LogP contribution in [0.3, 0.4) is 0 Å². The van der Waals surface area contributed by atoms with Crippen LogP contribution in [0.1, 0.15) is 18.1 Å². The van der Waals surface area contributed by atoms with Gasteiger partial charge >= 0.3 is 0 Å². The number of rotatable bonds is 6. The van der Waals surface area contributed by atoms with Crippen molar-refractivity contribution >= 4 is 0 Å². The standard InChI is InChI=1S/C15H18N2O/c1-2-18-15-5-3-4-14(10-15)12-17-11-13-6-8-16-9-7-13/h3-10,17H,2,11-12H2,1H3/p+1. The summed E-state index contributed by atoms with van der Waals surface area (Å²) in [6, 6.07) is 12.4. The minimum absolute atomic E-state index is 0.712. The summed E-state index contributed by atoms with van der Waals surface area (Å²) >= 11 is 0. The molecule has 0 bridgehead atoms. The summed E-state index contributed by atoms with van der Waals surface area (Å²) < 4.78 is 5.49. The number of nitrogens with two attached hydrogens (primary N) is 1. The fourth-order valence-corrected chi connectivity index (χ4v) is 1.85. The van der Waals surface area contributed by atoms with Crippen LogP contribution in [0.4, 0.5) is 0 Å². The molecule has 0 amide bonds. The monoisotopic (exact) mass is 243 g/mol. The molecular weight excluding hydrogens is 224 g/mol. The van der Waals surface area contributed by atoms with Crippen LogP contribution < -0.4 is 10.1 Å². The van der Waals surface area contributed by atoms with Crippen LogP contribution in [-0.2, 0) is 13.1 Å². The van der Waals surface area contributed by atoms with E-state index >= 15 is 0 Å². The van der Waals surface area contributed by atoms with E-state index in [-0.39, 0.29) is 0 Å². The number of benzene rings is 1. The molecule has 0 radical (unpaired) electrons. The highest BCUT2D eigenvalue weighted by atomic mass is 16.5. The van der Waals surface area contributed by atoms with Gasteiger partial charge in [-0.25, -0.2) is 0 Å². The lowest BCUT2D eigenvalue weighted by atomic mass is 10.2. The predicted molar refractivity (Wildman–Crippen MR) is 71.2 cm³/mol. The molecule has 1 heterocycles. The van der Waals surface area contributed by atoms with Gasteiger partial charge in [0.25, 0.3) is 0 Å². The van der Waals surface area contributed by atoms with E-state index in [4.69, 9.17) is 4.74 Å². The molecule has 0 aliphatic heterocycles. The van der Waals surface area contributed by atoms with Crippen molar-refractivity contribution in [3.8, 4) is 5.75 Å². The van der Waals surface area contributed by atoms with Crippen LogP contribution in [0.15, 0.2) is 48.8 Å². The Morgan fingerprint density at radius 3 is 2.61 bits per heavy atom. The Kier molecular flexibility index (Phi) is 4.73. The lowest BCUT2D eigenvalue weighted by Crippen LogP contribution is -2.80. The molecule has 2 N–H and O–H groups in total. The Bertz CT molecular complexity index is 471. The zero-order chi connectivity index (χ0) is 12.6. The fraction of sp³-hybridized carbons (Fsp3) is 0.267. The fourth-order valence-electron chi connectivity index (χ4n) is 1.85. The molecule has 3 nitrogen and oxygen atoms in total. The molecule has 1 aromatic heterocycles. The van der Waals surface area contributed by atoms with E-state index in [2.05, 4.69) is 22.4 Å². The van der Waals surface area contributed by atoms with Gasteiger partial charge in [-0.05, 0) is 31.2 Å². The largest absolute Gasteiger partial charge is 0.494 e. The highest BCUT2D eigenvalue weighted by Crippen LogP contribution is 2.12. The molecule has 2 aromatic rings. The van der Waals surface area contributed by atoms with Crippen molar-refractivity contribution in [2.45, 2.75) is 20.0 Å². The van der Waals surface area contributed by atoms with Crippen LogP contribution >= 0.6 is 0 Å². The Morgan fingerprint density at radius 1 is 1.06 bits per heavy atom. The van der Waals surface area contributed by atoms with Gasteiger partial charge in [0.1, 0.15) is 18.8 Å². The number of aromatic nitrogens is 1. The third-order valence-electron chi connectivity index (χ3n) is 2.72. The summed E-state index contributed by atoms with van der Waals surface area (Å²) in [5.74, 6) is 0.951. The van der Waals surface area contributed by atoms with Gasteiger partial charge in [0.05, 0.1) is 6.61 Å². The SMILES string of the molecule is CCOc1cccc(C[NH2+]Cc2ccncc2)c1. The van der Waals surface area contributed by atoms with E-state index in [0.29, 0.717) is 6.61 Å². The second-order valence-corrected chi connectivity index (χ2v) is 4.13. The zero-order valence-corrected chi connectivity index (χ0v) is 10.7. The van der Waals surface area contributed by atoms with Crippen molar-refractivity contribution < 1.29 is 10.1 Å². The average Bonchev–Trinajstić information content (AvgIpc) is 2.41. The van der Waals surface area contributed by atoms with Crippen molar-refractivity contribution in [1.29, 1.82) is 0 Å². The van der Waals surface area contributed by atoms with Crippen LogP contribution in [0.25, 0.3) is 0 Å². The third-order valence-corrected chi connectivity index (χ3v) is 2.72. The van der Waals surface area contributed by atoms with E-state index in [1.165, 1.54) is 11.1 Å². The summed E-state index contributed by atoms with van der Waals surface area (Å²) in [6.45, 7) is 4.65. The molecule has 0 atom stereocenters. The van der Waals surface area contributed by atoms with E-state index in [9.17, 15) is 0 Å². The first-order chi connectivity index (χ1) is 8.88. The molecule has 94 valence electrons. The van der Waals surface area contributed by atoms with Crippen LogP contribution in [-0.4, -0.2) is 11.6 Å². The van der Waals surface area contributed by atoms with Gasteiger partial charge in [0, 0.05) is 23.5 Å². The second kappa shape index (κ2) is 6.77. The molecule has 0 spiro atoms. The predicted octanol–water partition coefficient (Wildman–Crippen LogP) is 1.74. The van der Waals surface area contributed by atoms with Gasteiger partial charge in [-0.3, -0.25) is 4.98 Å². The Morgan fingerprint density at radius 2 is 1.83 bits per heavy atom. The highest BCUT2D eigenvalue weighted by Gasteiger charge is 1.99. The van der Waals surface area contributed by atoms with Gasteiger partial charge in [-0.15, -0.1) is 0 Å². The number of hydrogen-bond donors (Lipinski definition) is 1. The molecule has 0 saturated heterocycles. The van der Waals surface area contributed by atoms with Crippen LogP contribution in [0, 0.1) is 0 Å². The van der Waals surface area contributed by atoms with E-state index in [0.717, 1.165) is 18.8 Å². The molecule has 0 aliphatic carbocycles. The Hall–Kier alpha value is -1.87. The zero-order valence-electron chi connectivity index (χ0n) is 10.7. The van der Waals surface area contributed by atoms with Gasteiger partial charge < -0.3 is 10.1 Å². The van der Waals surface area contributed by atoms with Crippen molar-refractivity contribution in [2.24, 2.45) is 0 Å². The molecule has 0 aliphatic rings. The van der Waals surface area contributed by atoms with Gasteiger partial charge in [-0.1, -0.05) is 12.1 Å². The second-order valence-electron chi connectivity index (χ2n) is 4.13. The van der Waals surface area contributed by atoms with Gasteiger partial charge in [-0.2, -0.15) is 0 Å². The van der Waals surface area contributed by atoms with E-state index < -0.39 is 0 Å². The summed E-state index contributed by atoms with van der Waals surface area (Å²) in [4.78, 5) is 4.01. The maximum Gasteiger partial charge on any atom is 0.119 e. The third kappa shape index (κ3) is 3.86. The molecule has 2 rings (SSSR count). The van der Waals surface area contributed by atoms with Crippen molar-refractivity contribution in [1.82, 2.24) is 4.98 Å². The smallest absolute Gasteiger partial charge is 0.119 e. The number of quaternary nitrogens is 1. The van der Waals surface area contributed by atoms with Crippen molar-refractivity contribution in [2.75, 3.05) is 6.61 Å². The van der Waals surface area contributed by atoms with Crippen molar-refractivity contribution in [3.63, 3.8) is 0 Å². The maximum atomic E-state index is 5.49. The Labute approximate surface area is 108 Å². The normalized spacial score (nSPS) is 10.3. The molecule has 3 heteroatoms. The van der Waals surface area contributed by atoms with Gasteiger partial charge in [0.2, 0.25) is 0 Å². The van der Waals surface area contributed by atoms with Crippen molar-refractivity contribution in [3.05, 3.63) is 59.9 Å². The van der Waals surface area contributed by atoms with Crippen LogP contribution in [0.2, 0.25) is 0 Å². The summed E-state index contributed by atoms with van der Waals surface area (Å²) in [6.07, 6.45) is 3.66. The maximum absolute atomic E-state index is 5.49. The first-order valence-electron chi connectivity index (χ1n) is 6.31. The molecule has 1 aromatic carbocycles. The minimum Gasteiger partial charge on any atom is -0.494 e. The topological polar surface area (TPSA) is 38.7 Å². The molecular formula is C15H19N2O+. The summed E-state index contributed by atoms with van der Waals surface area (Å²) in [7, 11) is 0. The number of ether oxygens (including phenoxy) is 1. The first kappa shape index (κ1) is 12.6. The summed E-state index contributed by atoms with van der Waals surface area (Å²) in [5, 5.41) is 2.28. The lowest BCUT2D eigenvalue weighted by Gasteiger charge is -2.05. The Balaban J connectivity index is 1.84. The van der Waals surface area contributed by atoms with Crippen LogP contribution in [0.5, 0.6) is 5.75 Å². The molecule has 18 heavy (non-hydrogen) atoms. The number of pyridine rings is 1. The van der Waals surface area contributed by atoms with E-state index in [1.54, 1.807) is 0 Å². The van der Waals surface area contributed by atoms with Gasteiger partial charge in [0.15, 0.2) is 0 Å².